The molecule has 6 heteroatoms. The van der Waals surface area contributed by atoms with Crippen LogP contribution in [0, 0.1) is 0 Å². The zero-order chi connectivity index (χ0) is 16.7. The van der Waals surface area contributed by atoms with E-state index in [4.69, 9.17) is 4.43 Å². The average Bonchev–Trinajstić information content (AvgIpc) is 2.75. The summed E-state index contributed by atoms with van der Waals surface area (Å²) in [6, 6.07) is 3.55. The molecule has 0 radical (unpaired) electrons. The van der Waals surface area contributed by atoms with Gasteiger partial charge >= 0.3 is 0 Å². The van der Waals surface area contributed by atoms with E-state index in [1.807, 2.05) is 16.9 Å². The van der Waals surface area contributed by atoms with Crippen LogP contribution in [0.15, 0.2) is 22.8 Å². The molecule has 1 N–H and O–H groups in total. The van der Waals surface area contributed by atoms with Gasteiger partial charge in [0.25, 0.3) is 0 Å². The van der Waals surface area contributed by atoms with Gasteiger partial charge in [-0.3, -0.25) is 4.68 Å². The van der Waals surface area contributed by atoms with Crippen LogP contribution in [0.3, 0.4) is 0 Å². The summed E-state index contributed by atoms with van der Waals surface area (Å²) in [5.74, 6) is 0.229. The molecule has 1 heterocycles. The summed E-state index contributed by atoms with van der Waals surface area (Å²) in [5.41, 5.74) is 0.908. The molecule has 0 fully saturated rings. The van der Waals surface area contributed by atoms with Gasteiger partial charge in [0, 0.05) is 5.39 Å². The first-order chi connectivity index (χ1) is 10.0. The molecule has 4 nitrogen and oxygen atoms in total. The zero-order valence-corrected chi connectivity index (χ0v) is 16.7. The molecule has 122 valence electrons. The molecule has 1 unspecified atom stereocenters. The number of hydrogen-bond acceptors (Lipinski definition) is 3. The molecular weight excluding hydrogens is 360 g/mol. The maximum atomic E-state index is 9.87. The number of phenols is 1. The van der Waals surface area contributed by atoms with E-state index in [9.17, 15) is 5.11 Å². The number of halogens is 1. The first kappa shape index (κ1) is 17.5. The van der Waals surface area contributed by atoms with Gasteiger partial charge in [-0.05, 0) is 53.1 Å². The van der Waals surface area contributed by atoms with Crippen LogP contribution in [0.25, 0.3) is 10.9 Å². The zero-order valence-electron chi connectivity index (χ0n) is 14.1. The van der Waals surface area contributed by atoms with Gasteiger partial charge in [0.05, 0.1) is 28.8 Å². The number of rotatable bonds is 4. The Kier molecular flexibility index (Phi) is 4.76. The molecule has 0 aliphatic rings. The molecule has 0 aliphatic carbocycles. The van der Waals surface area contributed by atoms with Crippen molar-refractivity contribution in [2.75, 3.05) is 0 Å². The smallest absolute Gasteiger partial charge is 0.192 e. The number of aromatic nitrogens is 2. The van der Waals surface area contributed by atoms with Crippen LogP contribution in [0.5, 0.6) is 5.75 Å². The first-order valence-electron chi connectivity index (χ1n) is 7.54. The van der Waals surface area contributed by atoms with Gasteiger partial charge in [-0.2, -0.15) is 5.10 Å². The monoisotopic (exact) mass is 384 g/mol. The van der Waals surface area contributed by atoms with E-state index >= 15 is 0 Å². The van der Waals surface area contributed by atoms with E-state index in [-0.39, 0.29) is 16.9 Å². The highest BCUT2D eigenvalue weighted by molar-refractivity contribution is 9.10. The molecule has 0 bridgehead atoms. The molecular formula is C16H25BrN2O2Si. The summed E-state index contributed by atoms with van der Waals surface area (Å²) in [7, 11) is -1.80. The summed E-state index contributed by atoms with van der Waals surface area (Å²) in [5, 5.41) is 15.5. The molecule has 0 saturated heterocycles. The highest BCUT2D eigenvalue weighted by atomic mass is 79.9. The van der Waals surface area contributed by atoms with Gasteiger partial charge in [0.2, 0.25) is 0 Å². The highest BCUT2D eigenvalue weighted by Gasteiger charge is 2.38. The predicted octanol–water partition coefficient (Wildman–Crippen LogP) is 4.91. The van der Waals surface area contributed by atoms with Gasteiger partial charge in [-0.1, -0.05) is 20.8 Å². The molecule has 2 aromatic rings. The lowest BCUT2D eigenvalue weighted by molar-refractivity contribution is 0.176. The van der Waals surface area contributed by atoms with Crippen molar-refractivity contribution in [3.63, 3.8) is 0 Å². The van der Waals surface area contributed by atoms with Crippen LogP contribution in [-0.4, -0.2) is 29.3 Å². The Hall–Kier alpha value is -0.853. The number of phenolic OH excluding ortho intramolecular Hbond substituents is 1. The van der Waals surface area contributed by atoms with Crippen LogP contribution in [-0.2, 0) is 11.0 Å². The Morgan fingerprint density at radius 2 is 2.00 bits per heavy atom. The number of benzene rings is 1. The van der Waals surface area contributed by atoms with Crippen molar-refractivity contribution in [2.24, 2.45) is 0 Å². The van der Waals surface area contributed by atoms with Crippen LogP contribution in [0.4, 0.5) is 0 Å². The number of nitrogens with zero attached hydrogens (tertiary/aromatic N) is 2. The summed E-state index contributed by atoms with van der Waals surface area (Å²) in [6.45, 7) is 14.0. The predicted molar refractivity (Wildman–Crippen MR) is 96.8 cm³/mol. The second-order valence-electron chi connectivity index (χ2n) is 7.35. The molecule has 1 aromatic heterocycles. The van der Waals surface area contributed by atoms with Crippen molar-refractivity contribution in [2.45, 2.75) is 58.5 Å². The first-order valence-corrected chi connectivity index (χ1v) is 11.2. The van der Waals surface area contributed by atoms with E-state index in [0.29, 0.717) is 11.0 Å². The average molecular weight is 385 g/mol. The Morgan fingerprint density at radius 3 is 2.59 bits per heavy atom. The number of fused-ring (bicyclic) bond motifs is 1. The molecule has 0 spiro atoms. The number of aromatic hydroxyl groups is 1. The molecule has 2 rings (SSSR count). The van der Waals surface area contributed by atoms with E-state index < -0.39 is 8.32 Å². The molecule has 0 amide bonds. The van der Waals surface area contributed by atoms with Crippen molar-refractivity contribution in [1.82, 2.24) is 9.78 Å². The fraction of sp³-hybridized carbons (Fsp3) is 0.562. The summed E-state index contributed by atoms with van der Waals surface area (Å²) < 4.78 is 8.98. The third kappa shape index (κ3) is 3.39. The molecule has 22 heavy (non-hydrogen) atoms. The molecule has 0 saturated carbocycles. The second-order valence-corrected chi connectivity index (χ2v) is 12.9. The van der Waals surface area contributed by atoms with Crippen LogP contribution >= 0.6 is 15.9 Å². The normalized spacial score (nSPS) is 14.5. The van der Waals surface area contributed by atoms with Gasteiger partial charge < -0.3 is 9.53 Å². The van der Waals surface area contributed by atoms with Crippen LogP contribution < -0.4 is 0 Å². The molecule has 1 atom stereocenters. The third-order valence-corrected chi connectivity index (χ3v) is 9.84. The van der Waals surface area contributed by atoms with Crippen molar-refractivity contribution >= 4 is 35.2 Å². The maximum absolute atomic E-state index is 9.87. The quantitative estimate of drug-likeness (QED) is 0.761. The standard InChI is InChI=1S/C16H25BrN2O2Si/c1-11(21-22(5,6)16(2,3)4)10-19-15-12(9-18-19)7-8-13(20)14(15)17/h7-9,11,20H,10H2,1-6H3. The lowest BCUT2D eigenvalue weighted by Gasteiger charge is -2.38. The fourth-order valence-electron chi connectivity index (χ4n) is 2.22. The van der Waals surface area contributed by atoms with Crippen molar-refractivity contribution < 1.29 is 9.53 Å². The van der Waals surface area contributed by atoms with Gasteiger partial charge in [0.1, 0.15) is 5.75 Å². The topological polar surface area (TPSA) is 47.3 Å². The van der Waals surface area contributed by atoms with E-state index in [2.05, 4.69) is 61.8 Å². The summed E-state index contributed by atoms with van der Waals surface area (Å²) >= 11 is 3.45. The maximum Gasteiger partial charge on any atom is 0.192 e. The summed E-state index contributed by atoms with van der Waals surface area (Å²) in [6.07, 6.45) is 1.89. The van der Waals surface area contributed by atoms with Gasteiger partial charge in [-0.15, -0.1) is 0 Å². The minimum Gasteiger partial charge on any atom is -0.507 e. The minimum atomic E-state index is -1.80. The fourth-order valence-corrected chi connectivity index (χ4v) is 4.22. The summed E-state index contributed by atoms with van der Waals surface area (Å²) in [4.78, 5) is 0. The van der Waals surface area contributed by atoms with Crippen LogP contribution in [0.1, 0.15) is 27.7 Å². The molecule has 0 aliphatic heterocycles. The Bertz CT molecular complexity index is 677. The highest BCUT2D eigenvalue weighted by Crippen LogP contribution is 2.38. The Labute approximate surface area is 141 Å². The van der Waals surface area contributed by atoms with E-state index in [0.717, 1.165) is 10.9 Å². The van der Waals surface area contributed by atoms with Crippen molar-refractivity contribution in [3.8, 4) is 5.75 Å². The third-order valence-electron chi connectivity index (χ3n) is 4.45. The van der Waals surface area contributed by atoms with Crippen LogP contribution in [0.2, 0.25) is 18.1 Å². The largest absolute Gasteiger partial charge is 0.507 e. The van der Waals surface area contributed by atoms with Crippen molar-refractivity contribution in [3.05, 3.63) is 22.8 Å². The Morgan fingerprint density at radius 1 is 1.36 bits per heavy atom. The van der Waals surface area contributed by atoms with E-state index in [1.54, 1.807) is 6.07 Å². The lowest BCUT2D eigenvalue weighted by Crippen LogP contribution is -2.44. The van der Waals surface area contributed by atoms with E-state index in [1.165, 1.54) is 0 Å². The van der Waals surface area contributed by atoms with Gasteiger partial charge in [-0.25, -0.2) is 0 Å². The molecule has 1 aromatic carbocycles. The SMILES string of the molecule is CC(Cn1ncc2ccc(O)c(Br)c21)O[Si](C)(C)C(C)(C)C. The van der Waals surface area contributed by atoms with Crippen molar-refractivity contribution in [1.29, 1.82) is 0 Å². The Balaban J connectivity index is 2.23. The van der Waals surface area contributed by atoms with Gasteiger partial charge in [0.15, 0.2) is 8.32 Å². The second kappa shape index (κ2) is 5.98. The number of hydrogen-bond donors (Lipinski definition) is 1. The minimum absolute atomic E-state index is 0.0678. The lowest BCUT2D eigenvalue weighted by atomic mass is 10.2.